The van der Waals surface area contributed by atoms with E-state index in [1.807, 2.05) is 37.5 Å². The number of fused-ring (bicyclic) bond motifs is 1. The number of aromatic hydroxyl groups is 1. The molecule has 18 N–H and O–H groups in total. The van der Waals surface area contributed by atoms with Crippen LogP contribution in [-0.2, 0) is 57.6 Å². The van der Waals surface area contributed by atoms with Crippen molar-refractivity contribution in [2.24, 2.45) is 11.8 Å². The second-order valence-electron chi connectivity index (χ2n) is 15.8. The molecule has 6 atom stereocenters. The van der Waals surface area contributed by atoms with E-state index < -0.39 is 90.8 Å². The molecule has 3 heterocycles. The number of hydrazine groups is 1. The number of nitrogens with one attached hydrogen (secondary N) is 10. The summed E-state index contributed by atoms with van der Waals surface area (Å²) in [6.45, 7) is 2.13. The Morgan fingerprint density at radius 1 is 0.773 bits per heavy atom. The zero-order valence-corrected chi connectivity index (χ0v) is 36.2. The number of carbonyl (C=O) groups excluding carboxylic acids is 8. The first kappa shape index (κ1) is 52.9. The molecule has 358 valence electrons. The molecule has 24 nitrogen and oxygen atoms in total. The van der Waals surface area contributed by atoms with E-state index in [4.69, 9.17) is 5.84 Å². The van der Waals surface area contributed by atoms with E-state index >= 15 is 0 Å². The number of para-hydroxylation sites is 1. The van der Waals surface area contributed by atoms with Crippen molar-refractivity contribution >= 4 is 58.2 Å². The van der Waals surface area contributed by atoms with Crippen molar-refractivity contribution in [1.29, 1.82) is 0 Å². The first-order valence-corrected chi connectivity index (χ1v) is 20.6. The molecule has 1 saturated heterocycles. The molecule has 1 aliphatic rings. The number of aromatic nitrogens is 3. The molecule has 0 radical (unpaired) electrons. The molecule has 4 aromatic rings. The normalized spacial score (nSPS) is 15.3. The molecule has 0 spiro atoms. The lowest BCUT2D eigenvalue weighted by molar-refractivity contribution is -0.135. The van der Waals surface area contributed by atoms with Gasteiger partial charge >= 0.3 is 0 Å². The summed E-state index contributed by atoms with van der Waals surface area (Å²) in [6.07, 6.45) is 4.76. The lowest BCUT2D eigenvalue weighted by Gasteiger charge is -2.26. The van der Waals surface area contributed by atoms with Gasteiger partial charge in [-0.2, -0.15) is 0 Å². The van der Waals surface area contributed by atoms with Gasteiger partial charge in [0.1, 0.15) is 42.0 Å². The number of carbonyl (C=O) groups is 8. The van der Waals surface area contributed by atoms with E-state index in [0.717, 1.165) is 10.9 Å². The van der Waals surface area contributed by atoms with Crippen LogP contribution >= 0.6 is 0 Å². The van der Waals surface area contributed by atoms with Crippen molar-refractivity contribution in [2.45, 2.75) is 88.6 Å². The summed E-state index contributed by atoms with van der Waals surface area (Å²) in [5.74, 6) is -0.593. The molecule has 1 aliphatic heterocycles. The van der Waals surface area contributed by atoms with Gasteiger partial charge in [0.15, 0.2) is 0 Å². The number of phenolic OH excluding ortho intramolecular Hbond substituents is 1. The number of phenols is 1. The number of hydrogen-bond donors (Lipinski definition) is 13. The third kappa shape index (κ3) is 15.1. The van der Waals surface area contributed by atoms with Crippen LogP contribution in [0.2, 0.25) is 0 Å². The highest BCUT2D eigenvalue weighted by molar-refractivity contribution is 5.98. The van der Waals surface area contributed by atoms with Crippen LogP contribution in [0.25, 0.3) is 10.9 Å². The summed E-state index contributed by atoms with van der Waals surface area (Å²) in [5.41, 5.74) is 4.31. The first-order valence-electron chi connectivity index (χ1n) is 20.6. The van der Waals surface area contributed by atoms with E-state index in [1.165, 1.54) is 36.8 Å². The van der Waals surface area contributed by atoms with Gasteiger partial charge in [0.05, 0.1) is 19.5 Å². The molecule has 1 fully saturated rings. The van der Waals surface area contributed by atoms with Crippen molar-refractivity contribution in [2.75, 3.05) is 13.2 Å². The highest BCUT2D eigenvalue weighted by Gasteiger charge is 2.35. The number of H-pyrrole nitrogens is 2. The lowest BCUT2D eigenvalue weighted by atomic mass is 10.0. The maximum atomic E-state index is 14.2. The second kappa shape index (κ2) is 25.2. The number of amides is 8. The molecule has 0 saturated carbocycles. The number of hydrogen-bond acceptors (Lipinski definition) is 12. The Labute approximate surface area is 378 Å². The van der Waals surface area contributed by atoms with Gasteiger partial charge in [-0.25, -0.2) is 10.8 Å². The summed E-state index contributed by atoms with van der Waals surface area (Å²) < 4.78 is 0. The quantitative estimate of drug-likeness (QED) is 0.0203. The monoisotopic (exact) mass is 922 g/mol. The maximum absolute atomic E-state index is 14.2. The fourth-order valence-electron chi connectivity index (χ4n) is 7.07. The molecule has 66 heavy (non-hydrogen) atoms. The maximum Gasteiger partial charge on any atom is 0.256 e. The van der Waals surface area contributed by atoms with E-state index in [0.29, 0.717) is 16.8 Å². The lowest BCUT2D eigenvalue weighted by Crippen LogP contribution is -2.60. The minimum absolute atomic E-state index is 0. The standard InChI is InChI=1S/C42H54N12O10.2H2O/c1-22(2)13-30(42(64)54-43)49-36(58)19-46-37(59)31(14-23-7-9-26(56)10-8-23)50-41(63)34(20-55)53-39(61)32(15-24-17-45-28-6-4-3-5-27(24)28)51-40(62)33(16-25-18-44-21-47-25)52-38(60)29-11-12-35(57)48-29;;/h3-10,17-18,21-22,29-34,45,55-56H,11-16,19-20,43H2,1-2H3,(H,44,47)(H,46,59)(H,48,57)(H,49,58)(H,50,63)(H,51,62)(H,52,60)(H,53,61)(H,54,64);2*1H2/t29-,30-,31-,32-,33-,34-;;/m0../s1. The summed E-state index contributed by atoms with van der Waals surface area (Å²) in [4.78, 5) is 116. The topological polar surface area (TPSA) is 407 Å². The molecule has 8 amide bonds. The van der Waals surface area contributed by atoms with Crippen LogP contribution in [0.15, 0.2) is 67.3 Å². The number of benzene rings is 2. The van der Waals surface area contributed by atoms with Gasteiger partial charge < -0.3 is 68.4 Å². The largest absolute Gasteiger partial charge is 0.508 e. The van der Waals surface area contributed by atoms with Gasteiger partial charge in [-0.05, 0) is 48.1 Å². The number of aromatic amines is 2. The third-order valence-electron chi connectivity index (χ3n) is 10.4. The number of rotatable bonds is 22. The van der Waals surface area contributed by atoms with Crippen LogP contribution in [0, 0.1) is 5.92 Å². The summed E-state index contributed by atoms with van der Waals surface area (Å²) >= 11 is 0. The van der Waals surface area contributed by atoms with Crippen molar-refractivity contribution < 1.29 is 59.5 Å². The van der Waals surface area contributed by atoms with Gasteiger partial charge in [-0.1, -0.05) is 44.2 Å². The smallest absolute Gasteiger partial charge is 0.256 e. The van der Waals surface area contributed by atoms with Crippen LogP contribution in [0.1, 0.15) is 49.9 Å². The minimum atomic E-state index is -1.67. The molecule has 0 unspecified atom stereocenters. The molecule has 5 rings (SSSR count). The molecular weight excluding hydrogens is 865 g/mol. The Morgan fingerprint density at radius 3 is 2.02 bits per heavy atom. The molecule has 2 aromatic heterocycles. The van der Waals surface area contributed by atoms with E-state index in [9.17, 15) is 48.6 Å². The fraction of sp³-hybridized carbons (Fsp3) is 0.405. The predicted octanol–water partition coefficient (Wildman–Crippen LogP) is -4.18. The van der Waals surface area contributed by atoms with Crippen molar-refractivity contribution in [3.63, 3.8) is 0 Å². The van der Waals surface area contributed by atoms with Crippen LogP contribution in [0.3, 0.4) is 0 Å². The molecule has 24 heteroatoms. The van der Waals surface area contributed by atoms with Crippen molar-refractivity contribution in [1.82, 2.24) is 57.6 Å². The number of nitrogens with two attached hydrogens (primary N) is 1. The molecule has 0 aliphatic carbocycles. The van der Waals surface area contributed by atoms with Gasteiger partial charge in [0.2, 0.25) is 41.4 Å². The van der Waals surface area contributed by atoms with Crippen LogP contribution in [0.4, 0.5) is 0 Å². The second-order valence-corrected chi connectivity index (χ2v) is 15.8. The zero-order valence-electron chi connectivity index (χ0n) is 36.2. The van der Waals surface area contributed by atoms with Gasteiger partial charge in [0.25, 0.3) is 5.91 Å². The van der Waals surface area contributed by atoms with Crippen LogP contribution in [0.5, 0.6) is 5.75 Å². The Morgan fingerprint density at radius 2 is 1.41 bits per heavy atom. The van der Waals surface area contributed by atoms with Gasteiger partial charge in [0, 0.05) is 54.7 Å². The van der Waals surface area contributed by atoms with Gasteiger partial charge in [-0.15, -0.1) is 0 Å². The predicted molar refractivity (Wildman–Crippen MR) is 236 cm³/mol. The Balaban J connectivity index is 0.00000578. The van der Waals surface area contributed by atoms with Crippen molar-refractivity contribution in [3.8, 4) is 5.75 Å². The highest BCUT2D eigenvalue weighted by atomic mass is 16.3. The molecular formula is C42H58N12O12. The molecule has 2 aromatic carbocycles. The van der Waals surface area contributed by atoms with Crippen LogP contribution in [-0.4, -0.2) is 133 Å². The zero-order chi connectivity index (χ0) is 46.3. The summed E-state index contributed by atoms with van der Waals surface area (Å²) in [5, 5.41) is 38.9. The minimum Gasteiger partial charge on any atom is -0.508 e. The van der Waals surface area contributed by atoms with Crippen molar-refractivity contribution in [3.05, 3.63) is 84.1 Å². The highest BCUT2D eigenvalue weighted by Crippen LogP contribution is 2.20. The Kier molecular flexibility index (Phi) is 20.2. The first-order chi connectivity index (χ1) is 30.6. The van der Waals surface area contributed by atoms with E-state index in [-0.39, 0.29) is 67.1 Å². The van der Waals surface area contributed by atoms with Crippen LogP contribution < -0.4 is 48.5 Å². The Bertz CT molecular complexity index is 2290. The fourth-order valence-corrected chi connectivity index (χ4v) is 7.07. The number of aliphatic hydroxyl groups excluding tert-OH is 1. The average Bonchev–Trinajstić information content (AvgIpc) is 4.06. The number of nitrogens with zero attached hydrogens (tertiary/aromatic N) is 1. The van der Waals surface area contributed by atoms with E-state index in [2.05, 4.69) is 52.2 Å². The summed E-state index contributed by atoms with van der Waals surface area (Å²) in [7, 11) is 0. The SMILES string of the molecule is CC(C)C[C@H](NC(=O)CNC(=O)[C@H](Cc1ccc(O)cc1)NC(=O)[C@H](CO)NC(=O)[C@H](Cc1c[nH]c2ccccc12)NC(=O)[C@H](Cc1cnc[nH]1)NC(=O)[C@@H]1CCC(=O)N1)C(=O)NN.O.O. The molecule has 0 bridgehead atoms. The van der Waals surface area contributed by atoms with E-state index in [1.54, 1.807) is 12.3 Å². The average molecular weight is 923 g/mol. The number of imidazole rings is 1. The third-order valence-corrected chi connectivity index (χ3v) is 10.4. The number of aliphatic hydroxyl groups is 1. The van der Waals surface area contributed by atoms with Gasteiger partial charge in [-0.3, -0.25) is 43.8 Å². The Hall–Kier alpha value is -7.41. The summed E-state index contributed by atoms with van der Waals surface area (Å²) in [6, 6.07) is 5.38.